The zero-order chi connectivity index (χ0) is 24.9. The standard InChI is InChI=1S/C27H24ClN3O3S2/c1-30(2)14-7-3-12(4-8-14)18-19-16-11-17(22(19)35-24-23(18)36-27(34)29-24)21-20(16)25(32)31(26(21)33)15-9-5-13(28)6-10-15/h3-10,16-22H,11H2,1-2H3,(H,29,34)/t16-,17+,18-,19+,20+,21+,22-/m0/s1. The maximum absolute atomic E-state index is 13.8. The quantitative estimate of drug-likeness (QED) is 0.484. The molecule has 3 heterocycles. The van der Waals surface area contributed by atoms with Gasteiger partial charge in [0.1, 0.15) is 0 Å². The molecule has 7 atom stereocenters. The highest BCUT2D eigenvalue weighted by Gasteiger charge is 2.69. The summed E-state index contributed by atoms with van der Waals surface area (Å²) in [4.78, 5) is 47.4. The number of halogens is 1. The monoisotopic (exact) mass is 537 g/mol. The number of rotatable bonds is 3. The summed E-state index contributed by atoms with van der Waals surface area (Å²) < 4.78 is 0. The van der Waals surface area contributed by atoms with Gasteiger partial charge in [0.05, 0.1) is 22.5 Å². The molecule has 3 aromatic rings. The number of aromatic amines is 1. The van der Waals surface area contributed by atoms with E-state index in [-0.39, 0.29) is 57.4 Å². The predicted molar refractivity (Wildman–Crippen MR) is 143 cm³/mol. The second-order valence-corrected chi connectivity index (χ2v) is 13.1. The molecule has 0 spiro atoms. The number of hydrogen-bond donors (Lipinski definition) is 1. The molecule has 9 heteroatoms. The van der Waals surface area contributed by atoms with E-state index in [2.05, 4.69) is 34.1 Å². The number of hydrogen-bond acceptors (Lipinski definition) is 6. The number of thiazole rings is 1. The van der Waals surface area contributed by atoms with Crippen LogP contribution in [-0.4, -0.2) is 36.1 Å². The number of H-pyrrole nitrogens is 1. The summed E-state index contributed by atoms with van der Waals surface area (Å²) in [5.74, 6) is -0.314. The third kappa shape index (κ3) is 3.07. The summed E-state index contributed by atoms with van der Waals surface area (Å²) in [6, 6.07) is 15.5. The highest BCUT2D eigenvalue weighted by atomic mass is 35.5. The van der Waals surface area contributed by atoms with E-state index in [1.165, 1.54) is 21.8 Å². The van der Waals surface area contributed by atoms with Gasteiger partial charge in [-0.3, -0.25) is 19.3 Å². The van der Waals surface area contributed by atoms with Crippen LogP contribution in [0.3, 0.4) is 0 Å². The summed E-state index contributed by atoms with van der Waals surface area (Å²) in [7, 11) is 4.03. The van der Waals surface area contributed by atoms with Crippen LogP contribution >= 0.6 is 34.7 Å². The van der Waals surface area contributed by atoms with Crippen molar-refractivity contribution in [1.29, 1.82) is 0 Å². The van der Waals surface area contributed by atoms with Crippen molar-refractivity contribution < 1.29 is 9.59 Å². The summed E-state index contributed by atoms with van der Waals surface area (Å²) in [5.41, 5.74) is 2.88. The Balaban J connectivity index is 1.31. The number of thioether (sulfide) groups is 1. The van der Waals surface area contributed by atoms with Gasteiger partial charge in [-0.1, -0.05) is 35.1 Å². The van der Waals surface area contributed by atoms with Crippen LogP contribution in [-0.2, 0) is 9.59 Å². The number of amides is 2. The summed E-state index contributed by atoms with van der Waals surface area (Å²) in [6.07, 6.45) is 0.884. The smallest absolute Gasteiger partial charge is 0.305 e. The molecule has 2 bridgehead atoms. The number of carbonyl (C=O) groups is 2. The van der Waals surface area contributed by atoms with Gasteiger partial charge >= 0.3 is 4.87 Å². The van der Waals surface area contributed by atoms with E-state index >= 15 is 0 Å². The normalized spacial score (nSPS) is 32.0. The van der Waals surface area contributed by atoms with Crippen molar-refractivity contribution in [1.82, 2.24) is 4.98 Å². The van der Waals surface area contributed by atoms with Gasteiger partial charge in [-0.2, -0.15) is 0 Å². The third-order valence-corrected chi connectivity index (χ3v) is 11.4. The molecule has 0 unspecified atom stereocenters. The molecule has 3 fully saturated rings. The molecule has 2 aliphatic heterocycles. The van der Waals surface area contributed by atoms with Gasteiger partial charge in [-0.25, -0.2) is 0 Å². The fraction of sp³-hybridized carbons (Fsp3) is 0.370. The number of carbonyl (C=O) groups excluding carboxylic acids is 2. The van der Waals surface area contributed by atoms with E-state index in [4.69, 9.17) is 11.6 Å². The van der Waals surface area contributed by atoms with E-state index < -0.39 is 0 Å². The van der Waals surface area contributed by atoms with E-state index in [0.717, 1.165) is 22.0 Å². The minimum Gasteiger partial charge on any atom is -0.378 e. The van der Waals surface area contributed by atoms with Gasteiger partial charge in [0.2, 0.25) is 11.8 Å². The highest BCUT2D eigenvalue weighted by Crippen LogP contribution is 2.68. The summed E-state index contributed by atoms with van der Waals surface area (Å²) >= 11 is 9.06. The first-order valence-electron chi connectivity index (χ1n) is 12.1. The number of anilines is 2. The van der Waals surface area contributed by atoms with Crippen molar-refractivity contribution in [3.63, 3.8) is 0 Å². The lowest BCUT2D eigenvalue weighted by Crippen LogP contribution is -2.42. The van der Waals surface area contributed by atoms with Crippen LogP contribution in [0.25, 0.3) is 0 Å². The van der Waals surface area contributed by atoms with Crippen LogP contribution < -0.4 is 14.7 Å². The van der Waals surface area contributed by atoms with Gasteiger partial charge in [0, 0.05) is 40.9 Å². The minimum absolute atomic E-state index is 0.0369. The average Bonchev–Trinajstić information content (AvgIpc) is 3.59. The number of nitrogens with zero attached hydrogens (tertiary/aromatic N) is 2. The van der Waals surface area contributed by atoms with E-state index in [1.54, 1.807) is 36.0 Å². The number of aromatic nitrogens is 1. The zero-order valence-electron chi connectivity index (χ0n) is 19.7. The number of fused-ring (bicyclic) bond motifs is 9. The van der Waals surface area contributed by atoms with Crippen LogP contribution in [0.2, 0.25) is 5.02 Å². The molecule has 1 saturated heterocycles. The Bertz CT molecular complexity index is 1450. The van der Waals surface area contributed by atoms with Gasteiger partial charge in [-0.15, -0.1) is 11.8 Å². The fourth-order valence-corrected chi connectivity index (χ4v) is 10.2. The van der Waals surface area contributed by atoms with Crippen LogP contribution in [0.1, 0.15) is 22.8 Å². The van der Waals surface area contributed by atoms with Crippen LogP contribution in [0.5, 0.6) is 0 Å². The Morgan fingerprint density at radius 1 is 0.944 bits per heavy atom. The zero-order valence-corrected chi connectivity index (χ0v) is 22.1. The number of nitrogens with one attached hydrogen (secondary N) is 1. The Labute approximate surface area is 221 Å². The molecule has 1 aromatic heterocycles. The van der Waals surface area contributed by atoms with Crippen LogP contribution in [0.15, 0.2) is 58.4 Å². The minimum atomic E-state index is -0.305. The molecule has 184 valence electrons. The Morgan fingerprint density at radius 2 is 1.61 bits per heavy atom. The number of imide groups is 1. The topological polar surface area (TPSA) is 73.5 Å². The van der Waals surface area contributed by atoms with Gasteiger partial charge in [0.25, 0.3) is 0 Å². The van der Waals surface area contributed by atoms with Gasteiger partial charge < -0.3 is 9.88 Å². The van der Waals surface area contributed by atoms with Crippen LogP contribution in [0.4, 0.5) is 11.4 Å². The van der Waals surface area contributed by atoms with Gasteiger partial charge in [-0.05, 0) is 66.1 Å². The SMILES string of the molecule is CN(C)c1ccc([C@@H]2c3sc(=O)[nH]c3S[C@H]3[C@@H]4C[C@H]([C@H]5C(=O)N(c6ccc(Cl)cc6)C(=O)[C@H]45)[C@H]23)cc1. The summed E-state index contributed by atoms with van der Waals surface area (Å²) in [5, 5.41) is 1.70. The molecular formula is C27H24ClN3O3S2. The van der Waals surface area contributed by atoms with Crippen molar-refractivity contribution in [3.05, 3.63) is 73.7 Å². The molecule has 1 N–H and O–H groups in total. The second-order valence-electron chi connectivity index (χ2n) is 10.4. The second kappa shape index (κ2) is 7.97. The lowest BCUT2D eigenvalue weighted by Gasteiger charge is -2.43. The van der Waals surface area contributed by atoms with Crippen molar-refractivity contribution >= 4 is 57.9 Å². The molecular weight excluding hydrogens is 514 g/mol. The molecule has 0 radical (unpaired) electrons. The number of benzene rings is 2. The van der Waals surface area contributed by atoms with Crippen molar-refractivity contribution in [3.8, 4) is 0 Å². The molecule has 2 saturated carbocycles. The molecule has 2 aliphatic carbocycles. The lowest BCUT2D eigenvalue weighted by molar-refractivity contribution is -0.123. The third-order valence-electron chi connectivity index (χ3n) is 8.58. The van der Waals surface area contributed by atoms with Crippen molar-refractivity contribution in [2.45, 2.75) is 22.6 Å². The molecule has 4 aliphatic rings. The first-order valence-corrected chi connectivity index (χ1v) is 14.2. The largest absolute Gasteiger partial charge is 0.378 e. The van der Waals surface area contributed by atoms with Crippen molar-refractivity contribution in [2.24, 2.45) is 29.6 Å². The Hall–Kier alpha value is -2.55. The highest BCUT2D eigenvalue weighted by molar-refractivity contribution is 8.00. The Morgan fingerprint density at radius 3 is 2.28 bits per heavy atom. The van der Waals surface area contributed by atoms with E-state index in [0.29, 0.717) is 10.7 Å². The lowest BCUT2D eigenvalue weighted by atomic mass is 9.68. The maximum atomic E-state index is 13.8. The maximum Gasteiger partial charge on any atom is 0.305 e. The molecule has 2 amide bonds. The first kappa shape index (κ1) is 22.6. The average molecular weight is 538 g/mol. The first-order chi connectivity index (χ1) is 17.3. The summed E-state index contributed by atoms with van der Waals surface area (Å²) in [6.45, 7) is 0. The van der Waals surface area contributed by atoms with E-state index in [1.807, 2.05) is 14.1 Å². The fourth-order valence-electron chi connectivity index (χ4n) is 7.21. The molecule has 7 rings (SSSR count). The Kier molecular flexibility index (Phi) is 5.01. The molecule has 6 nitrogen and oxygen atoms in total. The molecule has 36 heavy (non-hydrogen) atoms. The van der Waals surface area contributed by atoms with E-state index in [9.17, 15) is 14.4 Å². The molecule has 2 aromatic carbocycles. The van der Waals surface area contributed by atoms with Gasteiger partial charge in [0.15, 0.2) is 0 Å². The van der Waals surface area contributed by atoms with Crippen LogP contribution in [0, 0.1) is 29.6 Å². The predicted octanol–water partition coefficient (Wildman–Crippen LogP) is 4.83. The van der Waals surface area contributed by atoms with Crippen molar-refractivity contribution in [2.75, 3.05) is 23.9 Å².